The van der Waals surface area contributed by atoms with Crippen LogP contribution in [-0.2, 0) is 0 Å². The molecule has 1 aliphatic rings. The first-order valence-corrected chi connectivity index (χ1v) is 10.2. The van der Waals surface area contributed by atoms with Crippen LogP contribution in [0.15, 0.2) is 57.6 Å². The second-order valence-electron chi connectivity index (χ2n) is 8.41. The molecule has 0 saturated heterocycles. The standard InChI is InChI=1S/C25H31NO2/c1-6-26-24(27)20-11-10-19-15-21(28-23(19)16-20)14-17(2)9-12-22-18(3)8-7-13-25(22,4)5/h9-12,14-16H,6-8,13H2,1-5H3,(H,26,27). The predicted molar refractivity (Wildman–Crippen MR) is 117 cm³/mol. The Balaban J connectivity index is 1.82. The minimum absolute atomic E-state index is 0.0734. The quantitative estimate of drug-likeness (QED) is 0.591. The van der Waals surface area contributed by atoms with Gasteiger partial charge in [0.25, 0.3) is 5.91 Å². The lowest BCUT2D eigenvalue weighted by Crippen LogP contribution is -2.22. The maximum atomic E-state index is 12.0. The summed E-state index contributed by atoms with van der Waals surface area (Å²) >= 11 is 0. The Labute approximate surface area is 168 Å². The van der Waals surface area contributed by atoms with Crippen LogP contribution in [0.4, 0.5) is 0 Å². The summed E-state index contributed by atoms with van der Waals surface area (Å²) < 4.78 is 5.96. The second-order valence-corrected chi connectivity index (χ2v) is 8.41. The van der Waals surface area contributed by atoms with E-state index in [1.165, 1.54) is 30.4 Å². The molecule has 3 rings (SSSR count). The van der Waals surface area contributed by atoms with Crippen LogP contribution in [-0.4, -0.2) is 12.5 Å². The van der Waals surface area contributed by atoms with Crippen LogP contribution in [0.2, 0.25) is 0 Å². The first-order valence-electron chi connectivity index (χ1n) is 10.2. The second kappa shape index (κ2) is 8.22. The van der Waals surface area contributed by atoms with E-state index in [0.717, 1.165) is 22.3 Å². The molecule has 3 nitrogen and oxygen atoms in total. The molecule has 148 valence electrons. The molecule has 1 aromatic heterocycles. The summed E-state index contributed by atoms with van der Waals surface area (Å²) in [5, 5.41) is 3.82. The number of rotatable bonds is 5. The van der Waals surface area contributed by atoms with Gasteiger partial charge in [0.2, 0.25) is 0 Å². The van der Waals surface area contributed by atoms with Crippen molar-refractivity contribution in [2.75, 3.05) is 6.54 Å². The number of benzene rings is 1. The van der Waals surface area contributed by atoms with E-state index < -0.39 is 0 Å². The fourth-order valence-electron chi connectivity index (χ4n) is 4.02. The smallest absolute Gasteiger partial charge is 0.251 e. The van der Waals surface area contributed by atoms with E-state index in [1.807, 2.05) is 37.3 Å². The van der Waals surface area contributed by atoms with Crippen LogP contribution < -0.4 is 5.32 Å². The normalized spacial score (nSPS) is 17.5. The Morgan fingerprint density at radius 3 is 2.79 bits per heavy atom. The number of allylic oxidation sites excluding steroid dienone is 5. The van der Waals surface area contributed by atoms with E-state index in [9.17, 15) is 4.79 Å². The van der Waals surface area contributed by atoms with Crippen molar-refractivity contribution in [3.63, 3.8) is 0 Å². The van der Waals surface area contributed by atoms with Gasteiger partial charge < -0.3 is 9.73 Å². The summed E-state index contributed by atoms with van der Waals surface area (Å²) in [6.45, 7) is 11.5. The molecule has 0 aliphatic heterocycles. The molecule has 0 spiro atoms. The van der Waals surface area contributed by atoms with E-state index in [-0.39, 0.29) is 11.3 Å². The van der Waals surface area contributed by atoms with Crippen molar-refractivity contribution >= 4 is 23.0 Å². The lowest BCUT2D eigenvalue weighted by molar-refractivity contribution is 0.0956. The summed E-state index contributed by atoms with van der Waals surface area (Å²) in [5.41, 5.74) is 5.71. The number of amides is 1. The summed E-state index contributed by atoms with van der Waals surface area (Å²) in [5.74, 6) is 0.731. The molecular formula is C25H31NO2. The molecule has 0 fully saturated rings. The third-order valence-electron chi connectivity index (χ3n) is 5.56. The fraction of sp³-hybridized carbons (Fsp3) is 0.400. The SMILES string of the molecule is CCNC(=O)c1ccc2cc(C=C(C)C=CC3=C(C)CCCC3(C)C)oc2c1. The number of nitrogens with one attached hydrogen (secondary N) is 1. The van der Waals surface area contributed by atoms with Crippen molar-refractivity contribution in [1.82, 2.24) is 5.32 Å². The zero-order valence-corrected chi connectivity index (χ0v) is 17.7. The van der Waals surface area contributed by atoms with Crippen molar-refractivity contribution in [2.45, 2.75) is 53.9 Å². The van der Waals surface area contributed by atoms with Crippen LogP contribution in [0.1, 0.15) is 70.0 Å². The van der Waals surface area contributed by atoms with Gasteiger partial charge in [0.15, 0.2) is 0 Å². The molecule has 1 aromatic carbocycles. The van der Waals surface area contributed by atoms with Gasteiger partial charge in [-0.05, 0) is 80.9 Å². The minimum Gasteiger partial charge on any atom is -0.457 e. The molecule has 1 amide bonds. The van der Waals surface area contributed by atoms with Crippen LogP contribution in [0.25, 0.3) is 17.0 Å². The highest BCUT2D eigenvalue weighted by atomic mass is 16.3. The maximum Gasteiger partial charge on any atom is 0.251 e. The van der Waals surface area contributed by atoms with E-state index in [2.05, 4.69) is 45.2 Å². The number of fused-ring (bicyclic) bond motifs is 1. The number of carbonyl (C=O) groups is 1. The summed E-state index contributed by atoms with van der Waals surface area (Å²) in [6.07, 6.45) is 10.2. The maximum absolute atomic E-state index is 12.0. The Morgan fingerprint density at radius 1 is 1.29 bits per heavy atom. The van der Waals surface area contributed by atoms with Gasteiger partial charge in [0, 0.05) is 17.5 Å². The van der Waals surface area contributed by atoms with Gasteiger partial charge in [-0.25, -0.2) is 0 Å². The third-order valence-corrected chi connectivity index (χ3v) is 5.56. The summed E-state index contributed by atoms with van der Waals surface area (Å²) in [7, 11) is 0. The van der Waals surface area contributed by atoms with Gasteiger partial charge in [-0.3, -0.25) is 4.79 Å². The van der Waals surface area contributed by atoms with Crippen molar-refractivity contribution in [3.05, 3.63) is 64.5 Å². The third kappa shape index (κ3) is 4.46. The number of furan rings is 1. The van der Waals surface area contributed by atoms with Crippen LogP contribution >= 0.6 is 0 Å². The van der Waals surface area contributed by atoms with E-state index in [4.69, 9.17) is 4.42 Å². The number of hydrogen-bond donors (Lipinski definition) is 1. The summed E-state index contributed by atoms with van der Waals surface area (Å²) in [4.78, 5) is 12.0. The fourth-order valence-corrected chi connectivity index (χ4v) is 4.02. The monoisotopic (exact) mass is 377 g/mol. The Morgan fingerprint density at radius 2 is 2.07 bits per heavy atom. The molecule has 28 heavy (non-hydrogen) atoms. The van der Waals surface area contributed by atoms with Crippen molar-refractivity contribution < 1.29 is 9.21 Å². The molecule has 0 saturated carbocycles. The first kappa shape index (κ1) is 20.2. The lowest BCUT2D eigenvalue weighted by atomic mass is 9.72. The average Bonchev–Trinajstić information content (AvgIpc) is 3.02. The Kier molecular flexibility index (Phi) is 5.93. The number of hydrogen-bond acceptors (Lipinski definition) is 2. The molecule has 1 aliphatic carbocycles. The molecule has 3 heteroatoms. The average molecular weight is 378 g/mol. The largest absolute Gasteiger partial charge is 0.457 e. The summed E-state index contributed by atoms with van der Waals surface area (Å²) in [6, 6.07) is 7.60. The van der Waals surface area contributed by atoms with E-state index in [0.29, 0.717) is 12.1 Å². The minimum atomic E-state index is -0.0734. The van der Waals surface area contributed by atoms with Gasteiger partial charge >= 0.3 is 0 Å². The molecule has 0 bridgehead atoms. The van der Waals surface area contributed by atoms with E-state index in [1.54, 1.807) is 0 Å². The van der Waals surface area contributed by atoms with Gasteiger partial charge in [0.1, 0.15) is 11.3 Å². The zero-order chi connectivity index (χ0) is 20.3. The molecule has 0 atom stereocenters. The van der Waals surface area contributed by atoms with Gasteiger partial charge in [-0.2, -0.15) is 0 Å². The van der Waals surface area contributed by atoms with Crippen LogP contribution in [0.5, 0.6) is 0 Å². The Hall–Kier alpha value is -2.55. The van der Waals surface area contributed by atoms with Crippen LogP contribution in [0.3, 0.4) is 0 Å². The Bertz CT molecular complexity index is 970. The van der Waals surface area contributed by atoms with Gasteiger partial charge in [-0.1, -0.05) is 37.6 Å². The van der Waals surface area contributed by atoms with Gasteiger partial charge in [-0.15, -0.1) is 0 Å². The van der Waals surface area contributed by atoms with Crippen molar-refractivity contribution in [3.8, 4) is 0 Å². The number of carbonyl (C=O) groups excluding carboxylic acids is 1. The van der Waals surface area contributed by atoms with Crippen LogP contribution in [0, 0.1) is 5.41 Å². The molecule has 1 heterocycles. The topological polar surface area (TPSA) is 42.2 Å². The lowest BCUT2D eigenvalue weighted by Gasteiger charge is -2.32. The molecule has 2 aromatic rings. The first-order chi connectivity index (χ1) is 13.3. The van der Waals surface area contributed by atoms with Crippen molar-refractivity contribution in [1.29, 1.82) is 0 Å². The highest BCUT2D eigenvalue weighted by Gasteiger charge is 2.26. The molecule has 0 unspecified atom stereocenters. The van der Waals surface area contributed by atoms with E-state index >= 15 is 0 Å². The molecule has 0 radical (unpaired) electrons. The molecular weight excluding hydrogens is 346 g/mol. The predicted octanol–water partition coefficient (Wildman–Crippen LogP) is 6.67. The molecule has 1 N–H and O–H groups in total. The highest BCUT2D eigenvalue weighted by molar-refractivity contribution is 5.97. The zero-order valence-electron chi connectivity index (χ0n) is 17.7. The van der Waals surface area contributed by atoms with Gasteiger partial charge in [0.05, 0.1) is 0 Å². The van der Waals surface area contributed by atoms with Crippen molar-refractivity contribution in [2.24, 2.45) is 5.41 Å². The highest BCUT2D eigenvalue weighted by Crippen LogP contribution is 2.40.